The van der Waals surface area contributed by atoms with Crippen molar-refractivity contribution < 1.29 is 27.4 Å². The maximum atomic E-state index is 12.9. The van der Waals surface area contributed by atoms with Gasteiger partial charge in [0.05, 0.1) is 12.7 Å². The van der Waals surface area contributed by atoms with Gasteiger partial charge in [-0.05, 0) is 42.8 Å². The van der Waals surface area contributed by atoms with E-state index in [4.69, 9.17) is 9.47 Å². The number of hydrogen-bond acceptors (Lipinski definition) is 4. The fourth-order valence-corrected chi connectivity index (χ4v) is 3.42. The highest BCUT2D eigenvalue weighted by Gasteiger charge is 2.31. The number of methoxy groups -OCH3 is 1. The number of benzene rings is 2. The molecule has 166 valence electrons. The van der Waals surface area contributed by atoms with Crippen molar-refractivity contribution in [1.82, 2.24) is 4.90 Å². The van der Waals surface area contributed by atoms with Crippen molar-refractivity contribution in [3.63, 3.8) is 0 Å². The highest BCUT2D eigenvalue weighted by atomic mass is 19.4. The SMILES string of the molecule is C/C=C/c1ccc(OCC(=O)N2CCN(c3cccc(C(F)(F)F)c3)CC2)c(OC)c1. The largest absolute Gasteiger partial charge is 0.493 e. The van der Waals surface area contributed by atoms with Gasteiger partial charge in [-0.2, -0.15) is 13.2 Å². The molecule has 2 aromatic carbocycles. The predicted octanol–water partition coefficient (Wildman–Crippen LogP) is 4.47. The summed E-state index contributed by atoms with van der Waals surface area (Å²) in [5.74, 6) is 0.841. The summed E-state index contributed by atoms with van der Waals surface area (Å²) in [5, 5.41) is 0. The lowest BCUT2D eigenvalue weighted by Gasteiger charge is -2.36. The third-order valence-corrected chi connectivity index (χ3v) is 5.07. The predicted molar refractivity (Wildman–Crippen MR) is 113 cm³/mol. The molecule has 0 spiro atoms. The molecule has 1 heterocycles. The summed E-state index contributed by atoms with van der Waals surface area (Å²) in [6.45, 7) is 3.51. The van der Waals surface area contributed by atoms with Gasteiger partial charge in [-0.1, -0.05) is 24.3 Å². The zero-order chi connectivity index (χ0) is 22.4. The molecule has 0 bridgehead atoms. The monoisotopic (exact) mass is 434 g/mol. The molecule has 2 aromatic rings. The van der Waals surface area contributed by atoms with E-state index in [1.807, 2.05) is 36.1 Å². The summed E-state index contributed by atoms with van der Waals surface area (Å²) in [6.07, 6.45) is -0.531. The van der Waals surface area contributed by atoms with Crippen LogP contribution in [0.1, 0.15) is 18.1 Å². The number of ether oxygens (including phenoxy) is 2. The van der Waals surface area contributed by atoms with Gasteiger partial charge >= 0.3 is 6.18 Å². The molecule has 1 saturated heterocycles. The molecule has 8 heteroatoms. The van der Waals surface area contributed by atoms with Crippen LogP contribution < -0.4 is 14.4 Å². The van der Waals surface area contributed by atoms with Crippen LogP contribution in [0.15, 0.2) is 48.5 Å². The average molecular weight is 434 g/mol. The van der Waals surface area contributed by atoms with E-state index in [1.54, 1.807) is 17.0 Å². The first-order valence-electron chi connectivity index (χ1n) is 9.95. The number of halogens is 3. The third kappa shape index (κ3) is 5.71. The number of anilines is 1. The fraction of sp³-hybridized carbons (Fsp3) is 0.348. The Hall–Kier alpha value is -3.16. The van der Waals surface area contributed by atoms with Gasteiger partial charge in [-0.25, -0.2) is 0 Å². The quantitative estimate of drug-likeness (QED) is 0.673. The van der Waals surface area contributed by atoms with Gasteiger partial charge in [0.25, 0.3) is 5.91 Å². The molecule has 3 rings (SSSR count). The van der Waals surface area contributed by atoms with Crippen molar-refractivity contribution in [2.75, 3.05) is 44.8 Å². The van der Waals surface area contributed by atoms with Crippen LogP contribution in [-0.4, -0.2) is 50.7 Å². The zero-order valence-electron chi connectivity index (χ0n) is 17.5. The first-order chi connectivity index (χ1) is 14.8. The Balaban J connectivity index is 1.55. The molecule has 31 heavy (non-hydrogen) atoms. The molecule has 0 unspecified atom stereocenters. The Morgan fingerprint density at radius 3 is 2.45 bits per heavy atom. The van der Waals surface area contributed by atoms with E-state index in [9.17, 15) is 18.0 Å². The van der Waals surface area contributed by atoms with E-state index in [0.29, 0.717) is 43.4 Å². The van der Waals surface area contributed by atoms with Gasteiger partial charge in [0.1, 0.15) is 0 Å². The number of alkyl halides is 3. The van der Waals surface area contributed by atoms with Crippen molar-refractivity contribution in [1.29, 1.82) is 0 Å². The second-order valence-electron chi connectivity index (χ2n) is 7.11. The summed E-state index contributed by atoms with van der Waals surface area (Å²) in [6, 6.07) is 10.7. The minimum Gasteiger partial charge on any atom is -0.493 e. The zero-order valence-corrected chi connectivity index (χ0v) is 17.5. The summed E-state index contributed by atoms with van der Waals surface area (Å²) in [7, 11) is 1.54. The second-order valence-corrected chi connectivity index (χ2v) is 7.11. The number of rotatable bonds is 6. The lowest BCUT2D eigenvalue weighted by atomic mass is 10.1. The first-order valence-corrected chi connectivity index (χ1v) is 9.95. The number of carbonyl (C=O) groups excluding carboxylic acids is 1. The van der Waals surface area contributed by atoms with Crippen molar-refractivity contribution in [3.05, 3.63) is 59.7 Å². The molecule has 5 nitrogen and oxygen atoms in total. The van der Waals surface area contributed by atoms with Crippen LogP contribution in [0.4, 0.5) is 18.9 Å². The molecule has 0 N–H and O–H groups in total. The Bertz CT molecular complexity index is 936. The second kappa shape index (κ2) is 9.76. The van der Waals surface area contributed by atoms with Crippen LogP contribution in [0.25, 0.3) is 6.08 Å². The summed E-state index contributed by atoms with van der Waals surface area (Å²) < 4.78 is 49.8. The molecular formula is C23H25F3N2O3. The number of hydrogen-bond donors (Lipinski definition) is 0. The molecule has 1 amide bonds. The van der Waals surface area contributed by atoms with E-state index >= 15 is 0 Å². The maximum absolute atomic E-state index is 12.9. The van der Waals surface area contributed by atoms with Gasteiger partial charge in [-0.3, -0.25) is 4.79 Å². The summed E-state index contributed by atoms with van der Waals surface area (Å²) in [5.41, 5.74) is 0.791. The van der Waals surface area contributed by atoms with Crippen LogP contribution in [0.3, 0.4) is 0 Å². The maximum Gasteiger partial charge on any atom is 0.416 e. The number of allylic oxidation sites excluding steroid dienone is 1. The van der Waals surface area contributed by atoms with E-state index < -0.39 is 11.7 Å². The van der Waals surface area contributed by atoms with Crippen LogP contribution in [-0.2, 0) is 11.0 Å². The molecule has 1 fully saturated rings. The minimum atomic E-state index is -4.38. The third-order valence-electron chi connectivity index (χ3n) is 5.07. The van der Waals surface area contributed by atoms with Crippen LogP contribution >= 0.6 is 0 Å². The molecule has 0 aliphatic carbocycles. The standard InChI is InChI=1S/C23H25F3N2O3/c1-3-5-17-8-9-20(21(14-17)30-2)31-16-22(29)28-12-10-27(11-13-28)19-7-4-6-18(15-19)23(24,25)26/h3-9,14-15H,10-13,16H2,1-2H3/b5-3+. The number of amides is 1. The number of carbonyl (C=O) groups is 1. The number of nitrogens with zero attached hydrogens (tertiary/aromatic N) is 2. The van der Waals surface area contributed by atoms with Gasteiger partial charge in [0, 0.05) is 31.9 Å². The smallest absolute Gasteiger partial charge is 0.416 e. The molecular weight excluding hydrogens is 409 g/mol. The Kier molecular flexibility index (Phi) is 7.09. The van der Waals surface area contributed by atoms with E-state index in [0.717, 1.165) is 17.7 Å². The highest BCUT2D eigenvalue weighted by molar-refractivity contribution is 5.78. The van der Waals surface area contributed by atoms with E-state index in [1.165, 1.54) is 13.2 Å². The highest BCUT2D eigenvalue weighted by Crippen LogP contribution is 2.32. The molecule has 1 aliphatic heterocycles. The fourth-order valence-electron chi connectivity index (χ4n) is 3.42. The van der Waals surface area contributed by atoms with Crippen molar-refractivity contribution in [3.8, 4) is 11.5 Å². The van der Waals surface area contributed by atoms with Gasteiger partial charge in [0.15, 0.2) is 18.1 Å². The van der Waals surface area contributed by atoms with Crippen LogP contribution in [0, 0.1) is 0 Å². The van der Waals surface area contributed by atoms with Crippen LogP contribution in [0.2, 0.25) is 0 Å². The molecule has 0 atom stereocenters. The Morgan fingerprint density at radius 1 is 1.06 bits per heavy atom. The van der Waals surface area contributed by atoms with Gasteiger partial charge < -0.3 is 19.3 Å². The minimum absolute atomic E-state index is 0.136. The number of piperazine rings is 1. The lowest BCUT2D eigenvalue weighted by molar-refractivity contribution is -0.137. The van der Waals surface area contributed by atoms with Crippen molar-refractivity contribution in [2.24, 2.45) is 0 Å². The normalized spacial score (nSPS) is 14.7. The molecule has 0 radical (unpaired) electrons. The topological polar surface area (TPSA) is 42.0 Å². The molecule has 1 aliphatic rings. The summed E-state index contributed by atoms with van der Waals surface area (Å²) >= 11 is 0. The average Bonchev–Trinajstić information content (AvgIpc) is 2.77. The van der Waals surface area contributed by atoms with Crippen molar-refractivity contribution >= 4 is 17.7 Å². The van der Waals surface area contributed by atoms with Crippen LogP contribution in [0.5, 0.6) is 11.5 Å². The first kappa shape index (κ1) is 22.5. The van der Waals surface area contributed by atoms with Gasteiger partial charge in [-0.15, -0.1) is 0 Å². The Labute approximate surface area is 179 Å². The Morgan fingerprint density at radius 2 is 1.81 bits per heavy atom. The summed E-state index contributed by atoms with van der Waals surface area (Å²) in [4.78, 5) is 16.1. The lowest BCUT2D eigenvalue weighted by Crippen LogP contribution is -2.50. The molecule has 0 aromatic heterocycles. The van der Waals surface area contributed by atoms with E-state index in [2.05, 4.69) is 0 Å². The van der Waals surface area contributed by atoms with Gasteiger partial charge in [0.2, 0.25) is 0 Å². The molecule has 0 saturated carbocycles. The van der Waals surface area contributed by atoms with Crippen molar-refractivity contribution in [2.45, 2.75) is 13.1 Å². The van der Waals surface area contributed by atoms with E-state index in [-0.39, 0.29) is 12.5 Å².